The maximum Gasteiger partial charge on any atom is 0.223 e. The van der Waals surface area contributed by atoms with Gasteiger partial charge in [0.25, 0.3) is 0 Å². The van der Waals surface area contributed by atoms with E-state index in [1.807, 2.05) is 12.1 Å². The molecular weight excluding hydrogens is 366 g/mol. The fraction of sp³-hybridized carbons (Fsp3) is 0.650. The third kappa shape index (κ3) is 4.70. The molecule has 2 fully saturated rings. The zero-order valence-electron chi connectivity index (χ0n) is 16.4. The van der Waals surface area contributed by atoms with Gasteiger partial charge in [0.1, 0.15) is 0 Å². The van der Waals surface area contributed by atoms with Crippen molar-refractivity contribution in [3.8, 4) is 0 Å². The summed E-state index contributed by atoms with van der Waals surface area (Å²) in [7, 11) is -3.48. The van der Waals surface area contributed by atoms with Gasteiger partial charge in [-0.25, -0.2) is 8.42 Å². The molecule has 2 saturated heterocycles. The predicted octanol–water partition coefficient (Wildman–Crippen LogP) is 2.51. The van der Waals surface area contributed by atoms with Crippen molar-refractivity contribution in [1.29, 1.82) is 0 Å². The quantitative estimate of drug-likeness (QED) is 0.783. The molecule has 2 aliphatic rings. The summed E-state index contributed by atoms with van der Waals surface area (Å²) in [6.45, 7) is 8.53. The minimum atomic E-state index is -3.48. The fourth-order valence-electron chi connectivity index (χ4n) is 3.54. The average Bonchev–Trinajstić information content (AvgIpc) is 3.08. The van der Waals surface area contributed by atoms with E-state index >= 15 is 0 Å². The highest BCUT2D eigenvalue weighted by Crippen LogP contribution is 2.31. The summed E-state index contributed by atoms with van der Waals surface area (Å²) < 4.78 is 36.5. The van der Waals surface area contributed by atoms with Crippen molar-refractivity contribution < 1.29 is 22.7 Å². The number of likely N-dealkylation sites (tertiary alicyclic amines) is 1. The second-order valence-corrected chi connectivity index (χ2v) is 10.4. The molecule has 0 atom stereocenters. The van der Waals surface area contributed by atoms with Crippen LogP contribution >= 0.6 is 0 Å². The summed E-state index contributed by atoms with van der Waals surface area (Å²) in [6, 6.07) is 6.97. The van der Waals surface area contributed by atoms with Gasteiger partial charge >= 0.3 is 0 Å². The first kappa shape index (κ1) is 20.3. The molecule has 0 unspecified atom stereocenters. The molecule has 0 bridgehead atoms. The van der Waals surface area contributed by atoms with Crippen LogP contribution in [-0.2, 0) is 29.5 Å². The molecule has 1 amide bonds. The van der Waals surface area contributed by atoms with Crippen LogP contribution in [0.1, 0.15) is 45.6 Å². The van der Waals surface area contributed by atoms with E-state index in [1.165, 1.54) is 0 Å². The molecule has 0 aromatic heterocycles. The van der Waals surface area contributed by atoms with Crippen molar-refractivity contribution in [1.82, 2.24) is 4.90 Å². The number of piperidine rings is 1. The van der Waals surface area contributed by atoms with Crippen LogP contribution in [0.15, 0.2) is 29.2 Å². The molecule has 0 radical (unpaired) electrons. The van der Waals surface area contributed by atoms with Crippen LogP contribution < -0.4 is 0 Å². The Labute approximate surface area is 161 Å². The first-order chi connectivity index (χ1) is 12.6. The van der Waals surface area contributed by atoms with E-state index < -0.39 is 15.6 Å². The standard InChI is InChI=1S/C20H29NO5S/c1-19(2,3)16-4-6-17(7-5-16)27(23,24)15-8-18(22)21-11-9-20(10-12-21)25-13-14-26-20/h4-7H,8-15H2,1-3H3. The number of rotatable bonds is 4. The predicted molar refractivity (Wildman–Crippen MR) is 102 cm³/mol. The van der Waals surface area contributed by atoms with Crippen LogP contribution in [0.2, 0.25) is 0 Å². The van der Waals surface area contributed by atoms with Gasteiger partial charge in [-0.3, -0.25) is 4.79 Å². The fourth-order valence-corrected chi connectivity index (χ4v) is 4.77. The maximum absolute atomic E-state index is 12.6. The Hall–Kier alpha value is -1.44. The summed E-state index contributed by atoms with van der Waals surface area (Å²) in [5, 5.41) is 0. The lowest BCUT2D eigenvalue weighted by Crippen LogP contribution is -2.47. The van der Waals surface area contributed by atoms with Crippen molar-refractivity contribution in [2.45, 2.75) is 56.1 Å². The second-order valence-electron chi connectivity index (χ2n) is 8.33. The molecule has 7 heteroatoms. The molecule has 1 aromatic rings. The van der Waals surface area contributed by atoms with Gasteiger partial charge in [-0.1, -0.05) is 32.9 Å². The maximum atomic E-state index is 12.6. The van der Waals surface area contributed by atoms with E-state index in [-0.39, 0.29) is 28.4 Å². The van der Waals surface area contributed by atoms with Crippen molar-refractivity contribution in [3.63, 3.8) is 0 Å². The van der Waals surface area contributed by atoms with Gasteiger partial charge in [-0.15, -0.1) is 0 Å². The van der Waals surface area contributed by atoms with Crippen LogP contribution in [-0.4, -0.2) is 57.1 Å². The molecule has 3 rings (SSSR count). The van der Waals surface area contributed by atoms with Crippen molar-refractivity contribution in [2.24, 2.45) is 0 Å². The number of benzene rings is 1. The lowest BCUT2D eigenvalue weighted by molar-refractivity contribution is -0.187. The lowest BCUT2D eigenvalue weighted by Gasteiger charge is -2.37. The van der Waals surface area contributed by atoms with Crippen molar-refractivity contribution in [3.05, 3.63) is 29.8 Å². The summed E-state index contributed by atoms with van der Waals surface area (Å²) in [4.78, 5) is 14.4. The van der Waals surface area contributed by atoms with Gasteiger partial charge in [0, 0.05) is 32.4 Å². The molecule has 0 aliphatic carbocycles. The Bertz CT molecular complexity index is 764. The van der Waals surface area contributed by atoms with E-state index in [0.717, 1.165) is 5.56 Å². The second kappa shape index (κ2) is 7.53. The third-order valence-corrected chi connectivity index (χ3v) is 7.09. The van der Waals surface area contributed by atoms with Crippen LogP contribution in [0.25, 0.3) is 0 Å². The van der Waals surface area contributed by atoms with E-state index in [9.17, 15) is 13.2 Å². The number of carbonyl (C=O) groups excluding carboxylic acids is 1. The molecule has 150 valence electrons. The third-order valence-electron chi connectivity index (χ3n) is 5.36. The Morgan fingerprint density at radius 2 is 1.63 bits per heavy atom. The molecular formula is C20H29NO5S. The Kier molecular flexibility index (Phi) is 5.66. The van der Waals surface area contributed by atoms with Crippen molar-refractivity contribution >= 4 is 15.7 Å². The van der Waals surface area contributed by atoms with Gasteiger partial charge in [0.15, 0.2) is 15.6 Å². The lowest BCUT2D eigenvalue weighted by atomic mass is 9.87. The summed E-state index contributed by atoms with van der Waals surface area (Å²) >= 11 is 0. The number of amides is 1. The molecule has 2 heterocycles. The molecule has 1 aromatic carbocycles. The molecule has 1 spiro atoms. The van der Waals surface area contributed by atoms with Gasteiger partial charge < -0.3 is 14.4 Å². The van der Waals surface area contributed by atoms with Gasteiger partial charge in [-0.05, 0) is 23.1 Å². The van der Waals surface area contributed by atoms with E-state index in [1.54, 1.807) is 17.0 Å². The first-order valence-corrected chi connectivity index (χ1v) is 11.2. The Morgan fingerprint density at radius 1 is 1.07 bits per heavy atom. The zero-order chi connectivity index (χ0) is 19.7. The minimum absolute atomic E-state index is 0.00191. The molecule has 2 aliphatic heterocycles. The Balaban J connectivity index is 1.55. The van der Waals surface area contributed by atoms with E-state index in [4.69, 9.17) is 9.47 Å². The highest BCUT2D eigenvalue weighted by Gasteiger charge is 2.40. The highest BCUT2D eigenvalue weighted by molar-refractivity contribution is 7.91. The minimum Gasteiger partial charge on any atom is -0.347 e. The van der Waals surface area contributed by atoms with Crippen LogP contribution in [0.3, 0.4) is 0 Å². The van der Waals surface area contributed by atoms with E-state index in [2.05, 4.69) is 20.8 Å². The summed E-state index contributed by atoms with van der Waals surface area (Å²) in [6.07, 6.45) is 1.28. The van der Waals surface area contributed by atoms with Crippen LogP contribution in [0.5, 0.6) is 0 Å². The van der Waals surface area contributed by atoms with E-state index in [0.29, 0.717) is 39.1 Å². The summed E-state index contributed by atoms with van der Waals surface area (Å²) in [5.74, 6) is -0.828. The Morgan fingerprint density at radius 3 is 2.15 bits per heavy atom. The number of hydrogen-bond donors (Lipinski definition) is 0. The van der Waals surface area contributed by atoms with Gasteiger partial charge in [0.2, 0.25) is 5.91 Å². The number of nitrogens with zero attached hydrogens (tertiary/aromatic N) is 1. The topological polar surface area (TPSA) is 72.9 Å². The number of ether oxygens (including phenoxy) is 2. The van der Waals surface area contributed by atoms with Gasteiger partial charge in [0.05, 0.1) is 23.9 Å². The molecule has 6 nitrogen and oxygen atoms in total. The number of hydrogen-bond acceptors (Lipinski definition) is 5. The molecule has 0 saturated carbocycles. The zero-order valence-corrected chi connectivity index (χ0v) is 17.2. The first-order valence-electron chi connectivity index (χ1n) is 9.50. The monoisotopic (exact) mass is 395 g/mol. The molecule has 27 heavy (non-hydrogen) atoms. The average molecular weight is 396 g/mol. The smallest absolute Gasteiger partial charge is 0.223 e. The van der Waals surface area contributed by atoms with Crippen LogP contribution in [0, 0.1) is 0 Å². The molecule has 0 N–H and O–H groups in total. The largest absolute Gasteiger partial charge is 0.347 e. The summed E-state index contributed by atoms with van der Waals surface area (Å²) in [5.41, 5.74) is 1.05. The highest BCUT2D eigenvalue weighted by atomic mass is 32.2. The number of sulfone groups is 1. The normalized spacial score (nSPS) is 20.2. The van der Waals surface area contributed by atoms with Gasteiger partial charge in [-0.2, -0.15) is 0 Å². The number of carbonyl (C=O) groups is 1. The van der Waals surface area contributed by atoms with Crippen LogP contribution in [0.4, 0.5) is 0 Å². The SMILES string of the molecule is CC(C)(C)c1ccc(S(=O)(=O)CCC(=O)N2CCC3(CC2)OCCO3)cc1. The van der Waals surface area contributed by atoms with Crippen molar-refractivity contribution in [2.75, 3.05) is 32.1 Å².